The Morgan fingerprint density at radius 2 is 1.69 bits per heavy atom. The van der Waals surface area contributed by atoms with Crippen molar-refractivity contribution >= 4 is 34.8 Å². The van der Waals surface area contributed by atoms with Gasteiger partial charge in [-0.3, -0.25) is 14.4 Å². The third-order valence-electron chi connectivity index (χ3n) is 4.54. The molecule has 0 atom stereocenters. The summed E-state index contributed by atoms with van der Waals surface area (Å²) in [5.74, 6) is -0.0321. The maximum Gasteiger partial charge on any atom is 0.307 e. The van der Waals surface area contributed by atoms with Gasteiger partial charge in [-0.25, -0.2) is 0 Å². The van der Waals surface area contributed by atoms with Crippen molar-refractivity contribution in [2.75, 3.05) is 26.2 Å². The van der Waals surface area contributed by atoms with Crippen LogP contribution < -0.4 is 4.87 Å². The van der Waals surface area contributed by atoms with Gasteiger partial charge in [-0.05, 0) is 31.2 Å². The van der Waals surface area contributed by atoms with Crippen molar-refractivity contribution < 1.29 is 9.59 Å². The Kier molecular flexibility index (Phi) is 5.78. The molecule has 0 radical (unpaired) electrons. The summed E-state index contributed by atoms with van der Waals surface area (Å²) in [6.07, 6.45) is 0.294. The molecule has 1 aromatic heterocycles. The summed E-state index contributed by atoms with van der Waals surface area (Å²) in [7, 11) is 0. The SMILES string of the molecule is Cc1csc(=O)n1CCC(=O)N1CCN(C(=O)c2ccc(Cl)cc2)CC1. The number of piperazine rings is 1. The number of halogens is 1. The number of amides is 2. The predicted molar refractivity (Wildman–Crippen MR) is 102 cm³/mol. The Bertz CT molecular complexity index is 851. The van der Waals surface area contributed by atoms with Crippen molar-refractivity contribution in [1.82, 2.24) is 14.4 Å². The fraction of sp³-hybridized carbons (Fsp3) is 0.389. The standard InChI is InChI=1S/C18H20ClN3O3S/c1-13-12-26-18(25)22(13)7-6-16(23)20-8-10-21(11-9-20)17(24)14-2-4-15(19)5-3-14/h2-5,12H,6-11H2,1H3. The Labute approximate surface area is 160 Å². The quantitative estimate of drug-likeness (QED) is 0.800. The molecule has 1 aromatic carbocycles. The number of rotatable bonds is 4. The van der Waals surface area contributed by atoms with Crippen LogP contribution in [0.5, 0.6) is 0 Å². The third-order valence-corrected chi connectivity index (χ3v) is 5.67. The van der Waals surface area contributed by atoms with E-state index in [-0.39, 0.29) is 16.7 Å². The van der Waals surface area contributed by atoms with Crippen LogP contribution in [0.3, 0.4) is 0 Å². The lowest BCUT2D eigenvalue weighted by molar-refractivity contribution is -0.132. The highest BCUT2D eigenvalue weighted by atomic mass is 35.5. The van der Waals surface area contributed by atoms with Crippen molar-refractivity contribution in [3.63, 3.8) is 0 Å². The van der Waals surface area contributed by atoms with Gasteiger partial charge in [-0.1, -0.05) is 22.9 Å². The number of thiazole rings is 1. The van der Waals surface area contributed by atoms with E-state index in [0.29, 0.717) is 49.7 Å². The minimum Gasteiger partial charge on any atom is -0.339 e. The van der Waals surface area contributed by atoms with Gasteiger partial charge in [-0.2, -0.15) is 0 Å². The number of nitrogens with zero attached hydrogens (tertiary/aromatic N) is 3. The first-order valence-corrected chi connectivity index (χ1v) is 9.69. The van der Waals surface area contributed by atoms with Gasteiger partial charge < -0.3 is 14.4 Å². The van der Waals surface area contributed by atoms with Gasteiger partial charge in [-0.15, -0.1) is 0 Å². The van der Waals surface area contributed by atoms with Crippen LogP contribution in [0.15, 0.2) is 34.4 Å². The van der Waals surface area contributed by atoms with E-state index in [0.717, 1.165) is 17.0 Å². The monoisotopic (exact) mass is 393 g/mol. The molecule has 1 aliphatic rings. The van der Waals surface area contributed by atoms with Crippen molar-refractivity contribution in [2.45, 2.75) is 19.9 Å². The van der Waals surface area contributed by atoms with E-state index in [1.54, 1.807) is 44.0 Å². The number of aromatic nitrogens is 1. The van der Waals surface area contributed by atoms with Gasteiger partial charge in [0, 0.05) is 60.8 Å². The number of carbonyl (C=O) groups excluding carboxylic acids is 2. The predicted octanol–water partition coefficient (Wildman–Crippen LogP) is 2.25. The van der Waals surface area contributed by atoms with E-state index >= 15 is 0 Å². The van der Waals surface area contributed by atoms with Gasteiger partial charge in [0.15, 0.2) is 0 Å². The van der Waals surface area contributed by atoms with E-state index in [9.17, 15) is 14.4 Å². The summed E-state index contributed by atoms with van der Waals surface area (Å²) < 4.78 is 1.63. The Balaban J connectivity index is 1.51. The normalized spacial score (nSPS) is 14.5. The molecule has 2 heterocycles. The van der Waals surface area contributed by atoms with Crippen molar-refractivity contribution in [2.24, 2.45) is 0 Å². The van der Waals surface area contributed by atoms with Gasteiger partial charge in [0.1, 0.15) is 0 Å². The molecule has 0 N–H and O–H groups in total. The molecule has 3 rings (SSSR count). The molecule has 1 saturated heterocycles. The molecule has 138 valence electrons. The maximum absolute atomic E-state index is 12.5. The Morgan fingerprint density at radius 3 is 2.27 bits per heavy atom. The fourth-order valence-electron chi connectivity index (χ4n) is 2.97. The van der Waals surface area contributed by atoms with E-state index in [2.05, 4.69) is 0 Å². The van der Waals surface area contributed by atoms with Crippen LogP contribution in [0.4, 0.5) is 0 Å². The molecule has 2 amide bonds. The molecule has 0 saturated carbocycles. The first-order chi connectivity index (χ1) is 12.5. The minimum absolute atomic E-state index is 0.0149. The second-order valence-electron chi connectivity index (χ2n) is 6.22. The van der Waals surface area contributed by atoms with Crippen LogP contribution in [-0.2, 0) is 11.3 Å². The highest BCUT2D eigenvalue weighted by Crippen LogP contribution is 2.13. The fourth-order valence-corrected chi connectivity index (χ4v) is 3.86. The molecule has 0 aliphatic carbocycles. The first-order valence-electron chi connectivity index (χ1n) is 8.43. The third kappa shape index (κ3) is 4.16. The number of carbonyl (C=O) groups is 2. The van der Waals surface area contributed by atoms with Crippen LogP contribution in [0.2, 0.25) is 5.02 Å². The van der Waals surface area contributed by atoms with E-state index in [1.807, 2.05) is 6.92 Å². The van der Waals surface area contributed by atoms with Crippen molar-refractivity contribution in [3.8, 4) is 0 Å². The lowest BCUT2D eigenvalue weighted by Crippen LogP contribution is -2.50. The van der Waals surface area contributed by atoms with E-state index < -0.39 is 0 Å². The summed E-state index contributed by atoms with van der Waals surface area (Å²) in [6, 6.07) is 6.82. The average molecular weight is 394 g/mol. The molecule has 2 aromatic rings. The van der Waals surface area contributed by atoms with Crippen LogP contribution >= 0.6 is 22.9 Å². The number of hydrogen-bond acceptors (Lipinski definition) is 4. The van der Waals surface area contributed by atoms with Crippen LogP contribution in [-0.4, -0.2) is 52.4 Å². The zero-order valence-corrected chi connectivity index (χ0v) is 16.1. The number of benzene rings is 1. The van der Waals surface area contributed by atoms with E-state index in [1.165, 1.54) is 0 Å². The summed E-state index contributed by atoms with van der Waals surface area (Å²) in [6.45, 7) is 4.29. The summed E-state index contributed by atoms with van der Waals surface area (Å²) >= 11 is 7.00. The molecule has 0 spiro atoms. The molecule has 0 bridgehead atoms. The zero-order valence-electron chi connectivity index (χ0n) is 14.5. The number of aryl methyl sites for hydroxylation is 1. The van der Waals surface area contributed by atoms with Crippen molar-refractivity contribution in [3.05, 3.63) is 55.6 Å². The van der Waals surface area contributed by atoms with E-state index in [4.69, 9.17) is 11.6 Å². The minimum atomic E-state index is -0.0470. The van der Waals surface area contributed by atoms with Gasteiger partial charge >= 0.3 is 4.87 Å². The lowest BCUT2D eigenvalue weighted by atomic mass is 10.2. The molecular formula is C18H20ClN3O3S. The molecule has 26 heavy (non-hydrogen) atoms. The van der Waals surface area contributed by atoms with Crippen molar-refractivity contribution in [1.29, 1.82) is 0 Å². The van der Waals surface area contributed by atoms with Crippen LogP contribution in [0.1, 0.15) is 22.5 Å². The van der Waals surface area contributed by atoms with Crippen LogP contribution in [0, 0.1) is 6.92 Å². The largest absolute Gasteiger partial charge is 0.339 e. The summed E-state index contributed by atoms with van der Waals surface area (Å²) in [5.41, 5.74) is 1.48. The van der Waals surface area contributed by atoms with Gasteiger partial charge in [0.05, 0.1) is 0 Å². The molecule has 6 nitrogen and oxygen atoms in total. The number of hydrogen-bond donors (Lipinski definition) is 0. The lowest BCUT2D eigenvalue weighted by Gasteiger charge is -2.35. The summed E-state index contributed by atoms with van der Waals surface area (Å²) in [5, 5.41) is 2.39. The topological polar surface area (TPSA) is 62.6 Å². The van der Waals surface area contributed by atoms with Gasteiger partial charge in [0.25, 0.3) is 5.91 Å². The highest BCUT2D eigenvalue weighted by Gasteiger charge is 2.24. The average Bonchev–Trinajstić information content (AvgIpc) is 2.98. The molecular weight excluding hydrogens is 374 g/mol. The molecule has 1 aliphatic heterocycles. The zero-order chi connectivity index (χ0) is 18.7. The second-order valence-corrected chi connectivity index (χ2v) is 7.48. The first kappa shape index (κ1) is 18.7. The van der Waals surface area contributed by atoms with Gasteiger partial charge in [0.2, 0.25) is 5.91 Å². The van der Waals surface area contributed by atoms with Crippen LogP contribution in [0.25, 0.3) is 0 Å². The smallest absolute Gasteiger partial charge is 0.307 e. The highest BCUT2D eigenvalue weighted by molar-refractivity contribution is 7.07. The molecule has 8 heteroatoms. The molecule has 1 fully saturated rings. The Hall–Kier alpha value is -2.12. The summed E-state index contributed by atoms with van der Waals surface area (Å²) in [4.78, 5) is 40.1. The molecule has 0 unspecified atom stereocenters. The maximum atomic E-state index is 12.5. The Morgan fingerprint density at radius 1 is 1.08 bits per heavy atom. The second kappa shape index (κ2) is 8.05.